The van der Waals surface area contributed by atoms with Gasteiger partial charge < -0.3 is 10.1 Å². The Labute approximate surface area is 174 Å². The van der Waals surface area contributed by atoms with Crippen molar-refractivity contribution in [2.45, 2.75) is 4.90 Å². The number of carbonyl (C=O) groups is 2. The Hall–Kier alpha value is -3.49. The van der Waals surface area contributed by atoms with Crippen molar-refractivity contribution in [1.82, 2.24) is 4.72 Å². The highest BCUT2D eigenvalue weighted by molar-refractivity contribution is 7.89. The first kappa shape index (κ1) is 21.2. The summed E-state index contributed by atoms with van der Waals surface area (Å²) >= 11 is 0. The average molecular weight is 424 g/mol. The number of ether oxygens (including phenoxy) is 1. The summed E-state index contributed by atoms with van der Waals surface area (Å²) in [6.07, 6.45) is 0. The molecule has 0 aliphatic carbocycles. The minimum Gasteiger partial charge on any atom is -0.484 e. The zero-order valence-corrected chi connectivity index (χ0v) is 17.0. The van der Waals surface area contributed by atoms with Gasteiger partial charge in [0.25, 0.3) is 5.91 Å². The van der Waals surface area contributed by atoms with E-state index in [0.717, 1.165) is 0 Å². The van der Waals surface area contributed by atoms with Crippen molar-refractivity contribution in [3.05, 3.63) is 90.0 Å². The van der Waals surface area contributed by atoms with E-state index in [4.69, 9.17) is 4.74 Å². The van der Waals surface area contributed by atoms with Gasteiger partial charge >= 0.3 is 0 Å². The highest BCUT2D eigenvalue weighted by Crippen LogP contribution is 2.16. The Morgan fingerprint density at radius 3 is 2.03 bits per heavy atom. The molecule has 0 fully saturated rings. The van der Waals surface area contributed by atoms with Gasteiger partial charge in [-0.3, -0.25) is 9.59 Å². The molecule has 1 amide bonds. The third-order valence-electron chi connectivity index (χ3n) is 4.24. The van der Waals surface area contributed by atoms with Crippen LogP contribution in [0.15, 0.2) is 83.8 Å². The molecule has 0 bridgehead atoms. The number of benzene rings is 3. The fourth-order valence-corrected chi connectivity index (χ4v) is 3.37. The van der Waals surface area contributed by atoms with Gasteiger partial charge in [0.15, 0.2) is 12.4 Å². The van der Waals surface area contributed by atoms with Gasteiger partial charge in [0, 0.05) is 16.8 Å². The number of carbonyl (C=O) groups excluding carboxylic acids is 2. The molecule has 0 aliphatic heterocycles. The molecule has 0 saturated carbocycles. The Morgan fingerprint density at radius 1 is 0.833 bits per heavy atom. The van der Waals surface area contributed by atoms with E-state index in [9.17, 15) is 18.0 Å². The second-order valence-corrected chi connectivity index (χ2v) is 8.17. The SMILES string of the molecule is CNS(=O)(=O)c1ccc(NC(=O)COc2ccc(C(=O)c3ccccc3)cc2)cc1. The first-order valence-corrected chi connectivity index (χ1v) is 10.5. The number of ketones is 1. The van der Waals surface area contributed by atoms with Crippen molar-refractivity contribution in [2.24, 2.45) is 0 Å². The summed E-state index contributed by atoms with van der Waals surface area (Å²) in [7, 11) is -2.20. The van der Waals surface area contributed by atoms with E-state index in [0.29, 0.717) is 22.6 Å². The van der Waals surface area contributed by atoms with Crippen LogP contribution in [0, 0.1) is 0 Å². The number of rotatable bonds is 8. The summed E-state index contributed by atoms with van der Waals surface area (Å²) in [5, 5.41) is 2.63. The van der Waals surface area contributed by atoms with E-state index in [1.807, 2.05) is 6.07 Å². The first-order valence-electron chi connectivity index (χ1n) is 9.05. The van der Waals surface area contributed by atoms with Crippen molar-refractivity contribution in [1.29, 1.82) is 0 Å². The van der Waals surface area contributed by atoms with Crippen LogP contribution < -0.4 is 14.8 Å². The van der Waals surface area contributed by atoms with Crippen LogP contribution >= 0.6 is 0 Å². The molecule has 3 aromatic carbocycles. The van der Waals surface area contributed by atoms with E-state index in [2.05, 4.69) is 10.0 Å². The summed E-state index contributed by atoms with van der Waals surface area (Å²) < 4.78 is 31.1. The van der Waals surface area contributed by atoms with Crippen LogP contribution in [0.25, 0.3) is 0 Å². The fourth-order valence-electron chi connectivity index (χ4n) is 2.64. The third kappa shape index (κ3) is 5.31. The molecule has 0 atom stereocenters. The van der Waals surface area contributed by atoms with E-state index >= 15 is 0 Å². The molecule has 0 heterocycles. The van der Waals surface area contributed by atoms with E-state index < -0.39 is 15.9 Å². The van der Waals surface area contributed by atoms with Crippen molar-refractivity contribution in [2.75, 3.05) is 19.0 Å². The summed E-state index contributed by atoms with van der Waals surface area (Å²) in [6.45, 7) is -0.234. The maximum atomic E-state index is 12.4. The van der Waals surface area contributed by atoms with E-state index in [1.54, 1.807) is 48.5 Å². The zero-order valence-electron chi connectivity index (χ0n) is 16.2. The molecular weight excluding hydrogens is 404 g/mol. The minimum absolute atomic E-state index is 0.0939. The summed E-state index contributed by atoms with van der Waals surface area (Å²) in [4.78, 5) is 24.6. The molecule has 154 valence electrons. The topological polar surface area (TPSA) is 102 Å². The largest absolute Gasteiger partial charge is 0.484 e. The first-order chi connectivity index (χ1) is 14.4. The van der Waals surface area contributed by atoms with Crippen LogP contribution in [-0.2, 0) is 14.8 Å². The fraction of sp³-hybridized carbons (Fsp3) is 0.0909. The van der Waals surface area contributed by atoms with Gasteiger partial charge in [0.05, 0.1) is 4.90 Å². The van der Waals surface area contributed by atoms with E-state index in [-0.39, 0.29) is 17.3 Å². The molecule has 2 N–H and O–H groups in total. The molecular formula is C22H20N2O5S. The maximum absolute atomic E-state index is 12.4. The Bertz CT molecular complexity index is 1130. The maximum Gasteiger partial charge on any atom is 0.262 e. The van der Waals surface area contributed by atoms with Gasteiger partial charge in [0.2, 0.25) is 10.0 Å². The lowest BCUT2D eigenvalue weighted by Gasteiger charge is -2.09. The molecule has 7 nitrogen and oxygen atoms in total. The van der Waals surface area contributed by atoms with E-state index in [1.165, 1.54) is 31.3 Å². The molecule has 0 saturated heterocycles. The number of anilines is 1. The standard InChI is InChI=1S/C22H20N2O5S/c1-23-30(27,28)20-13-9-18(10-14-20)24-21(25)15-29-19-11-7-17(8-12-19)22(26)16-5-3-2-4-6-16/h2-14,23H,15H2,1H3,(H,24,25). The van der Waals surface area contributed by atoms with Crippen LogP contribution in [0.4, 0.5) is 5.69 Å². The molecule has 0 spiro atoms. The molecule has 0 radical (unpaired) electrons. The van der Waals surface area contributed by atoms with Gasteiger partial charge in [-0.15, -0.1) is 0 Å². The number of sulfonamides is 1. The van der Waals surface area contributed by atoms with Gasteiger partial charge in [-0.25, -0.2) is 13.1 Å². The molecule has 0 aliphatic rings. The van der Waals surface area contributed by atoms with Crippen molar-refractivity contribution >= 4 is 27.4 Å². The quantitative estimate of drug-likeness (QED) is 0.542. The second kappa shape index (κ2) is 9.34. The lowest BCUT2D eigenvalue weighted by Crippen LogP contribution is -2.21. The minimum atomic E-state index is -3.53. The Balaban J connectivity index is 1.54. The zero-order chi connectivity index (χ0) is 21.6. The van der Waals surface area contributed by atoms with Crippen molar-refractivity contribution in [3.63, 3.8) is 0 Å². The number of hydrogen-bond donors (Lipinski definition) is 2. The Morgan fingerprint density at radius 2 is 1.43 bits per heavy atom. The molecule has 30 heavy (non-hydrogen) atoms. The van der Waals surface area contributed by atoms with Crippen LogP contribution in [0.3, 0.4) is 0 Å². The van der Waals surface area contributed by atoms with Crippen LogP contribution in [0.5, 0.6) is 5.75 Å². The predicted molar refractivity (Wildman–Crippen MR) is 113 cm³/mol. The molecule has 0 aromatic heterocycles. The van der Waals surface area contributed by atoms with Crippen LogP contribution in [-0.4, -0.2) is 33.8 Å². The third-order valence-corrected chi connectivity index (χ3v) is 5.67. The van der Waals surface area contributed by atoms with Crippen LogP contribution in [0.2, 0.25) is 0 Å². The lowest BCUT2D eigenvalue weighted by atomic mass is 10.0. The van der Waals surface area contributed by atoms with Crippen LogP contribution in [0.1, 0.15) is 15.9 Å². The predicted octanol–water partition coefficient (Wildman–Crippen LogP) is 2.84. The smallest absolute Gasteiger partial charge is 0.262 e. The number of hydrogen-bond acceptors (Lipinski definition) is 5. The van der Waals surface area contributed by atoms with Gasteiger partial charge in [0.1, 0.15) is 5.75 Å². The second-order valence-electron chi connectivity index (χ2n) is 6.29. The van der Waals surface area contributed by atoms with Gasteiger partial charge in [-0.1, -0.05) is 30.3 Å². The summed E-state index contributed by atoms with van der Waals surface area (Å²) in [5.41, 5.74) is 1.57. The summed E-state index contributed by atoms with van der Waals surface area (Å²) in [5.74, 6) is -0.0440. The van der Waals surface area contributed by atoms with Gasteiger partial charge in [-0.05, 0) is 55.6 Å². The average Bonchev–Trinajstić information content (AvgIpc) is 2.78. The molecule has 3 aromatic rings. The highest BCUT2D eigenvalue weighted by atomic mass is 32.2. The lowest BCUT2D eigenvalue weighted by molar-refractivity contribution is -0.118. The van der Waals surface area contributed by atoms with Gasteiger partial charge in [-0.2, -0.15) is 0 Å². The highest BCUT2D eigenvalue weighted by Gasteiger charge is 2.12. The van der Waals surface area contributed by atoms with Crippen molar-refractivity contribution < 1.29 is 22.7 Å². The molecule has 3 rings (SSSR count). The summed E-state index contributed by atoms with van der Waals surface area (Å²) in [6, 6.07) is 21.3. The number of nitrogens with one attached hydrogen (secondary N) is 2. The number of amides is 1. The normalized spacial score (nSPS) is 11.0. The molecule has 0 unspecified atom stereocenters. The monoisotopic (exact) mass is 424 g/mol. The molecule has 8 heteroatoms. The Kier molecular flexibility index (Phi) is 6.61. The van der Waals surface area contributed by atoms with Crippen molar-refractivity contribution in [3.8, 4) is 5.75 Å².